The van der Waals surface area contributed by atoms with Crippen molar-refractivity contribution in [3.63, 3.8) is 0 Å². The number of aromatic nitrogens is 1. The average Bonchev–Trinajstić information content (AvgIpc) is 2.51. The average molecular weight is 304 g/mol. The number of carbonyl (C=O) groups is 1. The third-order valence-electron chi connectivity index (χ3n) is 2.91. The van der Waals surface area contributed by atoms with Gasteiger partial charge in [0.2, 0.25) is 0 Å². The lowest BCUT2D eigenvalue weighted by Crippen LogP contribution is -2.23. The van der Waals surface area contributed by atoms with Crippen LogP contribution in [-0.4, -0.2) is 17.4 Å². The van der Waals surface area contributed by atoms with Gasteiger partial charge in [-0.25, -0.2) is 4.98 Å². The fraction of sp³-hybridized carbons (Fsp3) is 0.250. The Hall–Kier alpha value is -2.07. The first-order chi connectivity index (χ1) is 10.2. The van der Waals surface area contributed by atoms with Crippen molar-refractivity contribution in [1.29, 1.82) is 0 Å². The van der Waals surface area contributed by atoms with Gasteiger partial charge < -0.3 is 10.6 Å². The van der Waals surface area contributed by atoms with Crippen LogP contribution in [0.25, 0.3) is 0 Å². The Bertz CT molecular complexity index is 602. The van der Waals surface area contributed by atoms with Crippen LogP contribution in [0.5, 0.6) is 0 Å². The fourth-order valence-corrected chi connectivity index (χ4v) is 2.06. The van der Waals surface area contributed by atoms with Gasteiger partial charge in [0.15, 0.2) is 0 Å². The topological polar surface area (TPSA) is 54.0 Å². The lowest BCUT2D eigenvalue weighted by Gasteiger charge is -2.09. The summed E-state index contributed by atoms with van der Waals surface area (Å²) < 4.78 is 0. The van der Waals surface area contributed by atoms with Crippen molar-refractivity contribution in [2.24, 2.45) is 0 Å². The van der Waals surface area contributed by atoms with Crippen LogP contribution in [0.4, 0.5) is 5.82 Å². The van der Waals surface area contributed by atoms with Crippen LogP contribution in [0.1, 0.15) is 29.3 Å². The van der Waals surface area contributed by atoms with Crippen molar-refractivity contribution in [2.75, 3.05) is 11.9 Å². The van der Waals surface area contributed by atoms with E-state index in [2.05, 4.69) is 22.5 Å². The standard InChI is InChI=1S/C16H18ClN3O/c1-2-8-18-15-10-13(9-14(17)20-15)16(21)19-11-12-6-4-3-5-7-12/h3-7,9-10H,2,8,11H2,1H3,(H,18,20)(H,19,21). The molecule has 1 amide bonds. The number of nitrogens with one attached hydrogen (secondary N) is 2. The van der Waals surface area contributed by atoms with Crippen molar-refractivity contribution in [1.82, 2.24) is 10.3 Å². The molecular weight excluding hydrogens is 286 g/mol. The summed E-state index contributed by atoms with van der Waals surface area (Å²) in [7, 11) is 0. The summed E-state index contributed by atoms with van der Waals surface area (Å²) in [5.74, 6) is 0.455. The van der Waals surface area contributed by atoms with Gasteiger partial charge in [-0.1, -0.05) is 48.9 Å². The van der Waals surface area contributed by atoms with Crippen LogP contribution >= 0.6 is 11.6 Å². The number of halogens is 1. The Morgan fingerprint density at radius 1 is 1.24 bits per heavy atom. The van der Waals surface area contributed by atoms with Gasteiger partial charge in [-0.05, 0) is 24.1 Å². The maximum absolute atomic E-state index is 12.2. The van der Waals surface area contributed by atoms with Gasteiger partial charge in [0.25, 0.3) is 5.91 Å². The van der Waals surface area contributed by atoms with Gasteiger partial charge in [-0.2, -0.15) is 0 Å². The summed E-state index contributed by atoms with van der Waals surface area (Å²) in [5.41, 5.74) is 1.56. The maximum atomic E-state index is 12.2. The van der Waals surface area contributed by atoms with E-state index in [1.165, 1.54) is 0 Å². The lowest BCUT2D eigenvalue weighted by molar-refractivity contribution is 0.0951. The van der Waals surface area contributed by atoms with Crippen LogP contribution in [-0.2, 0) is 6.54 Å². The second kappa shape index (κ2) is 7.64. The number of hydrogen-bond donors (Lipinski definition) is 2. The quantitative estimate of drug-likeness (QED) is 0.803. The molecule has 2 N–H and O–H groups in total. The predicted octanol–water partition coefficient (Wildman–Crippen LogP) is 3.49. The molecule has 1 heterocycles. The highest BCUT2D eigenvalue weighted by Crippen LogP contribution is 2.14. The van der Waals surface area contributed by atoms with E-state index in [0.29, 0.717) is 23.1 Å². The minimum absolute atomic E-state index is 0.164. The molecule has 0 aliphatic heterocycles. The second-order valence-corrected chi connectivity index (χ2v) is 5.05. The van der Waals surface area contributed by atoms with Crippen molar-refractivity contribution in [3.05, 3.63) is 58.7 Å². The number of nitrogens with zero attached hydrogens (tertiary/aromatic N) is 1. The van der Waals surface area contributed by atoms with E-state index >= 15 is 0 Å². The summed E-state index contributed by atoms with van der Waals surface area (Å²) in [5, 5.41) is 6.31. The Balaban J connectivity index is 2.03. The van der Waals surface area contributed by atoms with E-state index in [4.69, 9.17) is 11.6 Å². The molecule has 0 aliphatic rings. The molecule has 2 rings (SSSR count). The molecule has 110 valence electrons. The highest BCUT2D eigenvalue weighted by atomic mass is 35.5. The minimum Gasteiger partial charge on any atom is -0.370 e. The zero-order valence-corrected chi connectivity index (χ0v) is 12.7. The van der Waals surface area contributed by atoms with Crippen LogP contribution < -0.4 is 10.6 Å². The Morgan fingerprint density at radius 2 is 2.00 bits per heavy atom. The van der Waals surface area contributed by atoms with E-state index in [-0.39, 0.29) is 5.91 Å². The van der Waals surface area contributed by atoms with Crippen LogP contribution in [0, 0.1) is 0 Å². The molecule has 0 saturated carbocycles. The molecule has 5 heteroatoms. The molecule has 21 heavy (non-hydrogen) atoms. The van der Waals surface area contributed by atoms with Crippen LogP contribution in [0.15, 0.2) is 42.5 Å². The normalized spacial score (nSPS) is 10.2. The highest BCUT2D eigenvalue weighted by molar-refractivity contribution is 6.29. The van der Waals surface area contributed by atoms with Crippen molar-refractivity contribution >= 4 is 23.3 Å². The molecule has 1 aromatic heterocycles. The highest BCUT2D eigenvalue weighted by Gasteiger charge is 2.09. The summed E-state index contributed by atoms with van der Waals surface area (Å²) in [6.07, 6.45) is 0.976. The van der Waals surface area contributed by atoms with Gasteiger partial charge in [0.1, 0.15) is 11.0 Å². The second-order valence-electron chi connectivity index (χ2n) is 4.66. The Kier molecular flexibility index (Phi) is 5.58. The lowest BCUT2D eigenvalue weighted by atomic mass is 10.2. The predicted molar refractivity (Wildman–Crippen MR) is 85.6 cm³/mol. The zero-order chi connectivity index (χ0) is 15.1. The SMILES string of the molecule is CCCNc1cc(C(=O)NCc2ccccc2)cc(Cl)n1. The van der Waals surface area contributed by atoms with Crippen molar-refractivity contribution < 1.29 is 4.79 Å². The summed E-state index contributed by atoms with van der Waals surface area (Å²) in [4.78, 5) is 16.3. The first kappa shape index (κ1) is 15.3. The molecule has 0 bridgehead atoms. The summed E-state index contributed by atoms with van der Waals surface area (Å²) in [6, 6.07) is 13.0. The number of anilines is 1. The zero-order valence-electron chi connectivity index (χ0n) is 11.9. The first-order valence-electron chi connectivity index (χ1n) is 6.92. The largest absolute Gasteiger partial charge is 0.370 e. The smallest absolute Gasteiger partial charge is 0.251 e. The molecule has 0 saturated heterocycles. The maximum Gasteiger partial charge on any atom is 0.251 e. The fourth-order valence-electron chi connectivity index (χ4n) is 1.85. The van der Waals surface area contributed by atoms with Crippen LogP contribution in [0.2, 0.25) is 5.15 Å². The van der Waals surface area contributed by atoms with E-state index in [0.717, 1.165) is 18.5 Å². The van der Waals surface area contributed by atoms with Gasteiger partial charge >= 0.3 is 0 Å². The monoisotopic (exact) mass is 303 g/mol. The van der Waals surface area contributed by atoms with Gasteiger partial charge in [-0.15, -0.1) is 0 Å². The molecule has 2 aromatic rings. The Labute approximate surface area is 129 Å². The molecule has 0 radical (unpaired) electrons. The van der Waals surface area contributed by atoms with Crippen molar-refractivity contribution in [2.45, 2.75) is 19.9 Å². The van der Waals surface area contributed by atoms with Gasteiger partial charge in [0.05, 0.1) is 0 Å². The Morgan fingerprint density at radius 3 is 2.71 bits per heavy atom. The van der Waals surface area contributed by atoms with E-state index in [1.807, 2.05) is 30.3 Å². The number of amides is 1. The molecule has 0 spiro atoms. The van der Waals surface area contributed by atoms with E-state index in [9.17, 15) is 4.79 Å². The third kappa shape index (κ3) is 4.76. The molecular formula is C16H18ClN3O. The summed E-state index contributed by atoms with van der Waals surface area (Å²) in [6.45, 7) is 3.33. The molecule has 0 aliphatic carbocycles. The molecule has 4 nitrogen and oxygen atoms in total. The van der Waals surface area contributed by atoms with Crippen molar-refractivity contribution in [3.8, 4) is 0 Å². The number of benzene rings is 1. The number of carbonyl (C=O) groups excluding carboxylic acids is 1. The first-order valence-corrected chi connectivity index (χ1v) is 7.30. The number of hydrogen-bond acceptors (Lipinski definition) is 3. The van der Waals surface area contributed by atoms with E-state index in [1.54, 1.807) is 12.1 Å². The minimum atomic E-state index is -0.164. The molecule has 0 unspecified atom stereocenters. The third-order valence-corrected chi connectivity index (χ3v) is 3.10. The summed E-state index contributed by atoms with van der Waals surface area (Å²) >= 11 is 5.96. The molecule has 0 atom stereocenters. The number of pyridine rings is 1. The van der Waals surface area contributed by atoms with Gasteiger partial charge in [0, 0.05) is 18.7 Å². The molecule has 0 fully saturated rings. The van der Waals surface area contributed by atoms with Crippen LogP contribution in [0.3, 0.4) is 0 Å². The molecule has 1 aromatic carbocycles. The number of rotatable bonds is 6. The van der Waals surface area contributed by atoms with E-state index < -0.39 is 0 Å². The van der Waals surface area contributed by atoms with Gasteiger partial charge in [-0.3, -0.25) is 4.79 Å².